The number of aldehydes is 1. The first kappa shape index (κ1) is 11.9. The second-order valence-electron chi connectivity index (χ2n) is 4.05. The Morgan fingerprint density at radius 2 is 2.00 bits per heavy atom. The van der Waals surface area contributed by atoms with E-state index in [4.69, 9.17) is 16.7 Å². The van der Waals surface area contributed by atoms with E-state index < -0.39 is 12.1 Å². The van der Waals surface area contributed by atoms with Crippen molar-refractivity contribution in [3.05, 3.63) is 34.9 Å². The van der Waals surface area contributed by atoms with E-state index in [1.807, 2.05) is 0 Å². The Kier molecular flexibility index (Phi) is 3.33. The molecule has 0 radical (unpaired) electrons. The Hall–Kier alpha value is -1.55. The first-order valence-electron chi connectivity index (χ1n) is 5.35. The Bertz CT molecular complexity index is 428. The van der Waals surface area contributed by atoms with Gasteiger partial charge in [-0.25, -0.2) is 4.79 Å². The second-order valence-corrected chi connectivity index (χ2v) is 4.49. The van der Waals surface area contributed by atoms with E-state index in [9.17, 15) is 9.59 Å². The third-order valence-corrected chi connectivity index (χ3v) is 3.05. The Morgan fingerprint density at radius 3 is 2.41 bits per heavy atom. The molecule has 1 aromatic carbocycles. The summed E-state index contributed by atoms with van der Waals surface area (Å²) in [4.78, 5) is 23.5. The van der Waals surface area contributed by atoms with Crippen LogP contribution in [0.1, 0.15) is 24.4 Å². The molecule has 2 rings (SSSR count). The van der Waals surface area contributed by atoms with Crippen LogP contribution in [0.15, 0.2) is 24.3 Å². The lowest BCUT2D eigenvalue weighted by Crippen LogP contribution is -2.36. The van der Waals surface area contributed by atoms with Crippen LogP contribution in [0.25, 0.3) is 0 Å². The zero-order chi connectivity index (χ0) is 12.4. The standard InChI is InChI=1S/C12H12ClNO3/c13-9-3-1-8(2-4-9)11(7-15)14(12(16)17)10-5-6-10/h1-4,7,10-11H,5-6H2,(H,16,17). The van der Waals surface area contributed by atoms with Crippen LogP contribution in [0.2, 0.25) is 5.02 Å². The molecule has 5 heteroatoms. The summed E-state index contributed by atoms with van der Waals surface area (Å²) < 4.78 is 0. The highest BCUT2D eigenvalue weighted by Crippen LogP contribution is 2.33. The normalized spacial score (nSPS) is 16.3. The number of hydrogen-bond acceptors (Lipinski definition) is 2. The highest BCUT2D eigenvalue weighted by molar-refractivity contribution is 6.30. The molecule has 0 bridgehead atoms. The summed E-state index contributed by atoms with van der Waals surface area (Å²) in [6.07, 6.45) is 1.25. The molecule has 1 atom stereocenters. The molecule has 0 aliphatic heterocycles. The molecule has 1 aliphatic rings. The third kappa shape index (κ3) is 2.58. The van der Waals surface area contributed by atoms with Crippen LogP contribution in [-0.4, -0.2) is 28.4 Å². The monoisotopic (exact) mass is 253 g/mol. The van der Waals surface area contributed by atoms with E-state index in [0.717, 1.165) is 12.8 Å². The molecule has 4 nitrogen and oxygen atoms in total. The highest BCUT2D eigenvalue weighted by atomic mass is 35.5. The lowest BCUT2D eigenvalue weighted by molar-refractivity contribution is -0.112. The summed E-state index contributed by atoms with van der Waals surface area (Å²) in [6.45, 7) is 0. The number of rotatable bonds is 4. The van der Waals surface area contributed by atoms with E-state index in [0.29, 0.717) is 16.9 Å². The van der Waals surface area contributed by atoms with Gasteiger partial charge in [-0.1, -0.05) is 23.7 Å². The molecule has 0 aromatic heterocycles. The molecule has 0 spiro atoms. The quantitative estimate of drug-likeness (QED) is 0.840. The molecular formula is C12H12ClNO3. The molecule has 90 valence electrons. The van der Waals surface area contributed by atoms with Gasteiger partial charge in [-0.3, -0.25) is 4.90 Å². The lowest BCUT2D eigenvalue weighted by atomic mass is 10.1. The molecule has 1 amide bonds. The lowest BCUT2D eigenvalue weighted by Gasteiger charge is -2.25. The summed E-state index contributed by atoms with van der Waals surface area (Å²) in [5.41, 5.74) is 0.652. The Morgan fingerprint density at radius 1 is 1.41 bits per heavy atom. The van der Waals surface area contributed by atoms with Gasteiger partial charge in [0, 0.05) is 11.1 Å². The fourth-order valence-electron chi connectivity index (χ4n) is 1.82. The molecule has 1 fully saturated rings. The van der Waals surface area contributed by atoms with Crippen LogP contribution in [0.4, 0.5) is 4.79 Å². The van der Waals surface area contributed by atoms with Crippen molar-refractivity contribution in [2.24, 2.45) is 0 Å². The van der Waals surface area contributed by atoms with Crippen molar-refractivity contribution < 1.29 is 14.7 Å². The van der Waals surface area contributed by atoms with Crippen molar-refractivity contribution in [1.82, 2.24) is 4.90 Å². The summed E-state index contributed by atoms with van der Waals surface area (Å²) in [6, 6.07) is 5.90. The largest absolute Gasteiger partial charge is 0.465 e. The van der Waals surface area contributed by atoms with Crippen molar-refractivity contribution in [3.63, 3.8) is 0 Å². The van der Waals surface area contributed by atoms with Crippen LogP contribution in [0, 0.1) is 0 Å². The van der Waals surface area contributed by atoms with Crippen molar-refractivity contribution in [2.45, 2.75) is 24.9 Å². The van der Waals surface area contributed by atoms with Crippen LogP contribution in [0.3, 0.4) is 0 Å². The minimum absolute atomic E-state index is 0.0293. The number of carbonyl (C=O) groups is 2. The van der Waals surface area contributed by atoms with Gasteiger partial charge in [-0.15, -0.1) is 0 Å². The number of benzene rings is 1. The van der Waals surface area contributed by atoms with Gasteiger partial charge in [0.2, 0.25) is 0 Å². The fraction of sp³-hybridized carbons (Fsp3) is 0.333. The molecule has 0 saturated heterocycles. The Labute approximate surface area is 104 Å². The maximum absolute atomic E-state index is 11.2. The van der Waals surface area contributed by atoms with Gasteiger partial charge in [0.1, 0.15) is 12.3 Å². The summed E-state index contributed by atoms with van der Waals surface area (Å²) in [5.74, 6) is 0. The number of amides is 1. The van der Waals surface area contributed by atoms with Gasteiger partial charge >= 0.3 is 6.09 Å². The number of halogens is 1. The maximum Gasteiger partial charge on any atom is 0.408 e. The average Bonchev–Trinajstić information content (AvgIpc) is 3.10. The molecular weight excluding hydrogens is 242 g/mol. The fourth-order valence-corrected chi connectivity index (χ4v) is 1.95. The number of carboxylic acid groups (broad SMARTS) is 1. The van der Waals surface area contributed by atoms with Gasteiger partial charge in [0.25, 0.3) is 0 Å². The zero-order valence-electron chi connectivity index (χ0n) is 9.04. The smallest absolute Gasteiger partial charge is 0.408 e. The van der Waals surface area contributed by atoms with Crippen molar-refractivity contribution in [2.75, 3.05) is 0 Å². The minimum atomic E-state index is -1.06. The van der Waals surface area contributed by atoms with Crippen LogP contribution >= 0.6 is 11.6 Å². The number of hydrogen-bond donors (Lipinski definition) is 1. The summed E-state index contributed by atoms with van der Waals surface area (Å²) in [5, 5.41) is 9.70. The van der Waals surface area contributed by atoms with Crippen LogP contribution < -0.4 is 0 Å². The van der Waals surface area contributed by atoms with E-state index in [1.54, 1.807) is 24.3 Å². The number of nitrogens with zero attached hydrogens (tertiary/aromatic N) is 1. The van der Waals surface area contributed by atoms with Crippen molar-refractivity contribution >= 4 is 24.0 Å². The SMILES string of the molecule is O=CC(c1ccc(Cl)cc1)N(C(=O)O)C1CC1. The molecule has 17 heavy (non-hydrogen) atoms. The first-order chi connectivity index (χ1) is 8.13. The third-order valence-electron chi connectivity index (χ3n) is 2.80. The zero-order valence-corrected chi connectivity index (χ0v) is 9.80. The van der Waals surface area contributed by atoms with Crippen molar-refractivity contribution in [1.29, 1.82) is 0 Å². The maximum atomic E-state index is 11.2. The highest BCUT2D eigenvalue weighted by Gasteiger charge is 2.38. The molecule has 0 heterocycles. The summed E-state index contributed by atoms with van der Waals surface area (Å²) in [7, 11) is 0. The van der Waals surface area contributed by atoms with E-state index in [2.05, 4.69) is 0 Å². The van der Waals surface area contributed by atoms with E-state index >= 15 is 0 Å². The van der Waals surface area contributed by atoms with Crippen molar-refractivity contribution in [3.8, 4) is 0 Å². The van der Waals surface area contributed by atoms with Gasteiger partial charge in [0.05, 0.1) is 0 Å². The van der Waals surface area contributed by atoms with E-state index in [1.165, 1.54) is 4.90 Å². The predicted octanol–water partition coefficient (Wildman–Crippen LogP) is 2.72. The minimum Gasteiger partial charge on any atom is -0.465 e. The van der Waals surface area contributed by atoms with Crippen LogP contribution in [0.5, 0.6) is 0 Å². The topological polar surface area (TPSA) is 57.6 Å². The molecule has 1 N–H and O–H groups in total. The Balaban J connectivity index is 2.27. The van der Waals surface area contributed by atoms with Gasteiger partial charge in [-0.05, 0) is 30.5 Å². The molecule has 1 unspecified atom stereocenters. The summed E-state index contributed by atoms with van der Waals surface area (Å²) >= 11 is 5.76. The molecule has 1 aliphatic carbocycles. The second kappa shape index (κ2) is 4.75. The first-order valence-corrected chi connectivity index (χ1v) is 5.73. The number of carbonyl (C=O) groups excluding carboxylic acids is 1. The predicted molar refractivity (Wildman–Crippen MR) is 63.1 cm³/mol. The van der Waals surface area contributed by atoms with E-state index in [-0.39, 0.29) is 6.04 Å². The molecule has 1 saturated carbocycles. The average molecular weight is 254 g/mol. The van der Waals surface area contributed by atoms with Gasteiger partial charge < -0.3 is 9.90 Å². The van der Waals surface area contributed by atoms with Gasteiger partial charge in [-0.2, -0.15) is 0 Å². The van der Waals surface area contributed by atoms with Crippen LogP contribution in [-0.2, 0) is 4.79 Å². The van der Waals surface area contributed by atoms with Gasteiger partial charge in [0.15, 0.2) is 0 Å². The molecule has 1 aromatic rings.